The van der Waals surface area contributed by atoms with E-state index in [0.29, 0.717) is 23.5 Å². The average molecular weight is 279 g/mol. The summed E-state index contributed by atoms with van der Waals surface area (Å²) in [6, 6.07) is 0.963. The zero-order chi connectivity index (χ0) is 13.6. The van der Waals surface area contributed by atoms with Crippen LogP contribution in [-0.4, -0.2) is 61.3 Å². The molecule has 3 heterocycles. The molecule has 3 aliphatic heterocycles. The van der Waals surface area contributed by atoms with Crippen LogP contribution in [0.2, 0.25) is 0 Å². The van der Waals surface area contributed by atoms with E-state index in [4.69, 9.17) is 4.74 Å². The highest BCUT2D eigenvalue weighted by atomic mass is 16.5. The van der Waals surface area contributed by atoms with Crippen LogP contribution in [0.25, 0.3) is 0 Å². The van der Waals surface area contributed by atoms with Crippen LogP contribution >= 0.6 is 0 Å². The van der Waals surface area contributed by atoms with Crippen LogP contribution in [0.5, 0.6) is 0 Å². The van der Waals surface area contributed by atoms with Crippen LogP contribution in [0.3, 0.4) is 0 Å². The van der Waals surface area contributed by atoms with Gasteiger partial charge in [-0.2, -0.15) is 0 Å². The third-order valence-corrected chi connectivity index (χ3v) is 5.53. The monoisotopic (exact) mass is 279 g/mol. The van der Waals surface area contributed by atoms with E-state index in [2.05, 4.69) is 15.5 Å². The number of carbonyl (C=O) groups is 1. The number of amides is 1. The van der Waals surface area contributed by atoms with Crippen molar-refractivity contribution in [3.05, 3.63) is 0 Å². The second kappa shape index (κ2) is 4.97. The molecule has 1 amide bonds. The fourth-order valence-corrected chi connectivity index (χ4v) is 3.94. The van der Waals surface area contributed by atoms with Gasteiger partial charge in [0.2, 0.25) is 5.91 Å². The van der Waals surface area contributed by atoms with Crippen LogP contribution < -0.4 is 10.6 Å². The first-order chi connectivity index (χ1) is 9.74. The van der Waals surface area contributed by atoms with Crippen LogP contribution in [0, 0.1) is 5.92 Å². The van der Waals surface area contributed by atoms with Crippen LogP contribution in [0.15, 0.2) is 0 Å². The molecule has 4 fully saturated rings. The molecule has 1 spiro atoms. The highest BCUT2D eigenvalue weighted by Crippen LogP contribution is 2.44. The number of hydrogen-bond acceptors (Lipinski definition) is 4. The Hall–Kier alpha value is -0.650. The first-order valence-electron chi connectivity index (χ1n) is 8.11. The Labute approximate surface area is 120 Å². The summed E-state index contributed by atoms with van der Waals surface area (Å²) in [5, 5.41) is 6.83. The maximum absolute atomic E-state index is 12.4. The van der Waals surface area contributed by atoms with E-state index in [1.165, 1.54) is 12.8 Å². The molecule has 5 heteroatoms. The number of hydrogen-bond donors (Lipinski definition) is 2. The normalized spacial score (nSPS) is 36.8. The van der Waals surface area contributed by atoms with Gasteiger partial charge in [0.1, 0.15) is 0 Å². The molecule has 4 aliphatic rings. The SMILES string of the molecule is O=C(NC1CN([C@@H]2CCOC2)C1)C1CCNC2(CC2)C1. The minimum atomic E-state index is 0.239. The standard InChI is InChI=1S/C15H25N3O2/c19-14(11-1-5-16-15(7-11)3-4-15)17-12-8-18(9-12)13-2-6-20-10-13/h11-13,16H,1-10H2,(H,17,19)/t11?,13-/m1/s1. The zero-order valence-corrected chi connectivity index (χ0v) is 12.1. The lowest BCUT2D eigenvalue weighted by Gasteiger charge is -2.43. The Kier molecular flexibility index (Phi) is 3.24. The van der Waals surface area contributed by atoms with Crippen molar-refractivity contribution in [1.29, 1.82) is 0 Å². The lowest BCUT2D eigenvalue weighted by atomic mass is 9.89. The van der Waals surface area contributed by atoms with E-state index in [9.17, 15) is 4.79 Å². The Morgan fingerprint density at radius 3 is 2.85 bits per heavy atom. The maximum atomic E-state index is 12.4. The molecular weight excluding hydrogens is 254 g/mol. The maximum Gasteiger partial charge on any atom is 0.223 e. The second-order valence-electron chi connectivity index (χ2n) is 7.07. The molecule has 0 aromatic carbocycles. The Bertz CT molecular complexity index is 385. The van der Waals surface area contributed by atoms with Gasteiger partial charge >= 0.3 is 0 Å². The van der Waals surface area contributed by atoms with Crippen molar-refractivity contribution in [1.82, 2.24) is 15.5 Å². The largest absolute Gasteiger partial charge is 0.380 e. The number of piperidine rings is 1. The molecule has 20 heavy (non-hydrogen) atoms. The van der Waals surface area contributed by atoms with Crippen molar-refractivity contribution in [2.75, 3.05) is 32.8 Å². The molecule has 0 radical (unpaired) electrons. The van der Waals surface area contributed by atoms with Crippen molar-refractivity contribution >= 4 is 5.91 Å². The first-order valence-corrected chi connectivity index (χ1v) is 8.11. The summed E-state index contributed by atoms with van der Waals surface area (Å²) in [6.07, 6.45) is 5.72. The molecule has 1 saturated carbocycles. The molecule has 0 bridgehead atoms. The minimum absolute atomic E-state index is 0.239. The van der Waals surface area contributed by atoms with Gasteiger partial charge in [-0.1, -0.05) is 0 Å². The van der Waals surface area contributed by atoms with Crippen molar-refractivity contribution < 1.29 is 9.53 Å². The van der Waals surface area contributed by atoms with Gasteiger partial charge in [0, 0.05) is 37.2 Å². The molecular formula is C15H25N3O2. The lowest BCUT2D eigenvalue weighted by molar-refractivity contribution is -0.128. The van der Waals surface area contributed by atoms with Gasteiger partial charge in [0.05, 0.1) is 12.6 Å². The molecule has 5 nitrogen and oxygen atoms in total. The van der Waals surface area contributed by atoms with Gasteiger partial charge in [-0.05, 0) is 38.6 Å². The molecule has 1 unspecified atom stereocenters. The summed E-state index contributed by atoms with van der Waals surface area (Å²) < 4.78 is 5.42. The van der Waals surface area contributed by atoms with Crippen LogP contribution in [0.4, 0.5) is 0 Å². The quantitative estimate of drug-likeness (QED) is 0.770. The number of likely N-dealkylation sites (tertiary alicyclic amines) is 1. The first kappa shape index (κ1) is 13.0. The Morgan fingerprint density at radius 2 is 2.15 bits per heavy atom. The zero-order valence-electron chi connectivity index (χ0n) is 12.1. The second-order valence-corrected chi connectivity index (χ2v) is 7.07. The Balaban J connectivity index is 1.23. The van der Waals surface area contributed by atoms with Crippen molar-refractivity contribution in [2.24, 2.45) is 5.92 Å². The third-order valence-electron chi connectivity index (χ3n) is 5.53. The van der Waals surface area contributed by atoms with E-state index in [1.807, 2.05) is 0 Å². The van der Waals surface area contributed by atoms with Gasteiger partial charge in [-0.25, -0.2) is 0 Å². The van der Waals surface area contributed by atoms with Crippen molar-refractivity contribution in [3.63, 3.8) is 0 Å². The summed E-state index contributed by atoms with van der Waals surface area (Å²) in [5.41, 5.74) is 0.340. The molecule has 0 aromatic heterocycles. The van der Waals surface area contributed by atoms with Crippen molar-refractivity contribution in [3.8, 4) is 0 Å². The molecule has 4 rings (SSSR count). The number of carbonyl (C=O) groups excluding carboxylic acids is 1. The van der Waals surface area contributed by atoms with E-state index in [0.717, 1.165) is 52.1 Å². The molecule has 112 valence electrons. The molecule has 2 atom stereocenters. The van der Waals surface area contributed by atoms with E-state index < -0.39 is 0 Å². The minimum Gasteiger partial charge on any atom is -0.380 e. The highest BCUT2D eigenvalue weighted by molar-refractivity contribution is 5.79. The number of ether oxygens (including phenoxy) is 1. The van der Waals surface area contributed by atoms with E-state index >= 15 is 0 Å². The van der Waals surface area contributed by atoms with Crippen LogP contribution in [-0.2, 0) is 9.53 Å². The topological polar surface area (TPSA) is 53.6 Å². The van der Waals surface area contributed by atoms with Gasteiger partial charge in [0.15, 0.2) is 0 Å². The fourth-order valence-electron chi connectivity index (χ4n) is 3.94. The molecule has 1 aliphatic carbocycles. The fraction of sp³-hybridized carbons (Fsp3) is 0.933. The summed E-state index contributed by atoms with van der Waals surface area (Å²) in [4.78, 5) is 14.8. The van der Waals surface area contributed by atoms with Gasteiger partial charge in [0.25, 0.3) is 0 Å². The smallest absolute Gasteiger partial charge is 0.223 e. The van der Waals surface area contributed by atoms with Gasteiger partial charge in [-0.15, -0.1) is 0 Å². The van der Waals surface area contributed by atoms with Crippen LogP contribution in [0.1, 0.15) is 32.1 Å². The van der Waals surface area contributed by atoms with E-state index in [-0.39, 0.29) is 5.92 Å². The van der Waals surface area contributed by atoms with Gasteiger partial charge in [-0.3, -0.25) is 9.69 Å². The predicted octanol–water partition coefficient (Wildman–Crippen LogP) is 0.108. The Morgan fingerprint density at radius 1 is 1.30 bits per heavy atom. The third kappa shape index (κ3) is 2.47. The predicted molar refractivity (Wildman–Crippen MR) is 75.4 cm³/mol. The summed E-state index contributed by atoms with van der Waals surface area (Å²) in [5.74, 6) is 0.535. The van der Waals surface area contributed by atoms with E-state index in [1.54, 1.807) is 0 Å². The van der Waals surface area contributed by atoms with Crippen molar-refractivity contribution in [2.45, 2.75) is 49.7 Å². The number of nitrogens with one attached hydrogen (secondary N) is 2. The molecule has 2 N–H and O–H groups in total. The lowest BCUT2D eigenvalue weighted by Crippen LogP contribution is -2.63. The summed E-state index contributed by atoms with van der Waals surface area (Å²) >= 11 is 0. The number of nitrogens with zero attached hydrogens (tertiary/aromatic N) is 1. The summed E-state index contributed by atoms with van der Waals surface area (Å²) in [6.45, 7) is 4.80. The van der Waals surface area contributed by atoms with Gasteiger partial charge < -0.3 is 15.4 Å². The molecule has 0 aromatic rings. The molecule has 3 saturated heterocycles. The summed E-state index contributed by atoms with van der Waals surface area (Å²) in [7, 11) is 0. The number of rotatable bonds is 3. The highest BCUT2D eigenvalue weighted by Gasteiger charge is 2.47. The average Bonchev–Trinajstić information content (AvgIpc) is 2.94.